The van der Waals surface area contributed by atoms with Gasteiger partial charge in [-0.3, -0.25) is 10.1 Å². The molecule has 0 aromatic rings. The molecule has 0 aromatic heterocycles. The van der Waals surface area contributed by atoms with Gasteiger partial charge in [-0.05, 0) is 19.3 Å². The average molecular weight is 216 g/mol. The number of aliphatic hydroxyl groups is 1. The van der Waals surface area contributed by atoms with Crippen molar-refractivity contribution < 1.29 is 9.90 Å². The topological polar surface area (TPSA) is 61.4 Å². The van der Waals surface area contributed by atoms with E-state index >= 15 is 0 Å². The Morgan fingerprint density at radius 2 is 2.43 bits per heavy atom. The molecule has 1 saturated heterocycles. The van der Waals surface area contributed by atoms with Gasteiger partial charge in [0.15, 0.2) is 0 Å². The van der Waals surface area contributed by atoms with Gasteiger partial charge in [-0.2, -0.15) is 0 Å². The van der Waals surface area contributed by atoms with Crippen molar-refractivity contribution >= 4 is 17.7 Å². The zero-order valence-electron chi connectivity index (χ0n) is 8.08. The minimum atomic E-state index is -0.300. The first-order valence-electron chi connectivity index (χ1n) is 5.00. The highest BCUT2D eigenvalue weighted by molar-refractivity contribution is 7.99. The van der Waals surface area contributed by atoms with Crippen molar-refractivity contribution in [3.05, 3.63) is 0 Å². The highest BCUT2D eigenvalue weighted by atomic mass is 32.2. The van der Waals surface area contributed by atoms with Crippen LogP contribution in [0, 0.1) is 0 Å². The van der Waals surface area contributed by atoms with Crippen LogP contribution in [0.5, 0.6) is 0 Å². The molecule has 1 aliphatic carbocycles. The minimum absolute atomic E-state index is 0.0451. The number of carbonyl (C=O) groups excluding carboxylic acids is 1. The third-order valence-corrected chi connectivity index (χ3v) is 3.97. The Kier molecular flexibility index (Phi) is 2.99. The van der Waals surface area contributed by atoms with E-state index in [1.54, 1.807) is 11.8 Å². The molecule has 2 rings (SSSR count). The van der Waals surface area contributed by atoms with Crippen LogP contribution < -0.4 is 10.6 Å². The highest BCUT2D eigenvalue weighted by Gasteiger charge is 2.39. The molecule has 1 saturated carbocycles. The summed E-state index contributed by atoms with van der Waals surface area (Å²) < 4.78 is 0. The summed E-state index contributed by atoms with van der Waals surface area (Å²) in [6.45, 7) is 0.0681. The minimum Gasteiger partial charge on any atom is -0.394 e. The molecule has 1 amide bonds. The van der Waals surface area contributed by atoms with Crippen molar-refractivity contribution in [1.82, 2.24) is 10.6 Å². The Morgan fingerprint density at radius 3 is 2.86 bits per heavy atom. The van der Waals surface area contributed by atoms with E-state index in [9.17, 15) is 9.90 Å². The third kappa shape index (κ3) is 1.89. The lowest BCUT2D eigenvalue weighted by Crippen LogP contribution is -2.59. The van der Waals surface area contributed by atoms with Crippen LogP contribution in [0.2, 0.25) is 0 Å². The highest BCUT2D eigenvalue weighted by Crippen LogP contribution is 2.31. The van der Waals surface area contributed by atoms with Crippen LogP contribution in [0.25, 0.3) is 0 Å². The van der Waals surface area contributed by atoms with E-state index in [1.807, 2.05) is 0 Å². The van der Waals surface area contributed by atoms with Gasteiger partial charge in [0.2, 0.25) is 5.91 Å². The van der Waals surface area contributed by atoms with Crippen molar-refractivity contribution in [3.63, 3.8) is 0 Å². The summed E-state index contributed by atoms with van der Waals surface area (Å²) in [6.07, 6.45) is 2.93. The van der Waals surface area contributed by atoms with Gasteiger partial charge in [0.1, 0.15) is 0 Å². The summed E-state index contributed by atoms with van der Waals surface area (Å²) >= 11 is 1.74. The van der Waals surface area contributed by atoms with E-state index in [4.69, 9.17) is 0 Å². The summed E-state index contributed by atoms with van der Waals surface area (Å²) in [5.74, 6) is 1.74. The van der Waals surface area contributed by atoms with Gasteiger partial charge >= 0.3 is 0 Å². The molecule has 3 N–H and O–H groups in total. The monoisotopic (exact) mass is 216 g/mol. The SMILES string of the molecule is O=C(NC1(CO)CCC1)C1CSCN1. The van der Waals surface area contributed by atoms with Gasteiger partial charge in [0.05, 0.1) is 18.2 Å². The molecule has 1 unspecified atom stereocenters. The number of carbonyl (C=O) groups is 1. The number of thioether (sulfide) groups is 1. The number of hydrogen-bond acceptors (Lipinski definition) is 4. The first kappa shape index (κ1) is 10.3. The normalized spacial score (nSPS) is 29.6. The second-order valence-corrected chi connectivity index (χ2v) is 5.08. The maximum Gasteiger partial charge on any atom is 0.238 e. The van der Waals surface area contributed by atoms with Crippen molar-refractivity contribution in [3.8, 4) is 0 Å². The number of aliphatic hydroxyl groups excluding tert-OH is 1. The van der Waals surface area contributed by atoms with Crippen molar-refractivity contribution in [2.45, 2.75) is 30.8 Å². The molecule has 0 radical (unpaired) electrons. The van der Waals surface area contributed by atoms with Crippen LogP contribution in [-0.2, 0) is 4.79 Å². The molecule has 2 aliphatic rings. The Labute approximate surface area is 87.8 Å². The summed E-state index contributed by atoms with van der Waals surface area (Å²) in [5, 5.41) is 15.3. The van der Waals surface area contributed by atoms with Crippen molar-refractivity contribution in [2.75, 3.05) is 18.2 Å². The fraction of sp³-hybridized carbons (Fsp3) is 0.889. The molecular formula is C9H16N2O2S. The Bertz CT molecular complexity index is 219. The number of amides is 1. The zero-order chi connectivity index (χ0) is 10.0. The molecule has 2 fully saturated rings. The molecule has 5 heteroatoms. The Morgan fingerprint density at radius 1 is 1.64 bits per heavy atom. The molecular weight excluding hydrogens is 200 g/mol. The lowest BCUT2D eigenvalue weighted by atomic mass is 9.77. The maximum atomic E-state index is 11.7. The Balaban J connectivity index is 1.86. The van der Waals surface area contributed by atoms with Crippen molar-refractivity contribution in [2.24, 2.45) is 0 Å². The number of nitrogens with one attached hydrogen (secondary N) is 2. The summed E-state index contributed by atoms with van der Waals surface area (Å²) in [4.78, 5) is 11.7. The number of rotatable bonds is 3. The lowest BCUT2D eigenvalue weighted by molar-refractivity contribution is -0.126. The first-order chi connectivity index (χ1) is 6.76. The molecule has 0 bridgehead atoms. The van der Waals surface area contributed by atoms with Gasteiger partial charge in [0.25, 0.3) is 0 Å². The summed E-state index contributed by atoms with van der Waals surface area (Å²) in [5.41, 5.74) is -0.300. The summed E-state index contributed by atoms with van der Waals surface area (Å²) in [7, 11) is 0. The predicted molar refractivity (Wildman–Crippen MR) is 56.1 cm³/mol. The van der Waals surface area contributed by atoms with E-state index in [0.717, 1.165) is 30.9 Å². The lowest BCUT2D eigenvalue weighted by Gasteiger charge is -2.41. The van der Waals surface area contributed by atoms with Crippen LogP contribution in [0.4, 0.5) is 0 Å². The van der Waals surface area contributed by atoms with Crippen LogP contribution >= 0.6 is 11.8 Å². The third-order valence-electron chi connectivity index (χ3n) is 3.03. The molecule has 0 spiro atoms. The van der Waals surface area contributed by atoms with Crippen LogP contribution in [0.15, 0.2) is 0 Å². The maximum absolute atomic E-state index is 11.7. The molecule has 1 heterocycles. The van der Waals surface area contributed by atoms with E-state index in [-0.39, 0.29) is 24.1 Å². The largest absolute Gasteiger partial charge is 0.394 e. The van der Waals surface area contributed by atoms with E-state index in [2.05, 4.69) is 10.6 Å². The van der Waals surface area contributed by atoms with Gasteiger partial charge in [-0.25, -0.2) is 0 Å². The first-order valence-corrected chi connectivity index (χ1v) is 6.15. The van der Waals surface area contributed by atoms with Crippen LogP contribution in [0.3, 0.4) is 0 Å². The van der Waals surface area contributed by atoms with Gasteiger partial charge < -0.3 is 10.4 Å². The van der Waals surface area contributed by atoms with Crippen molar-refractivity contribution in [1.29, 1.82) is 0 Å². The Hall–Kier alpha value is -0.260. The standard InChI is InChI=1S/C9H16N2O2S/c12-5-9(2-1-3-9)11-8(13)7-4-14-6-10-7/h7,10,12H,1-6H2,(H,11,13). The second-order valence-electron chi connectivity index (χ2n) is 4.05. The second kappa shape index (κ2) is 4.08. The van der Waals surface area contributed by atoms with Gasteiger partial charge in [-0.1, -0.05) is 0 Å². The molecule has 14 heavy (non-hydrogen) atoms. The fourth-order valence-electron chi connectivity index (χ4n) is 1.84. The van der Waals surface area contributed by atoms with Crippen LogP contribution in [0.1, 0.15) is 19.3 Å². The quantitative estimate of drug-likeness (QED) is 0.605. The molecule has 4 nitrogen and oxygen atoms in total. The predicted octanol–water partition coefficient (Wildman–Crippen LogP) is -0.320. The average Bonchev–Trinajstić information content (AvgIpc) is 2.63. The molecule has 1 aliphatic heterocycles. The van der Waals surface area contributed by atoms with E-state index < -0.39 is 0 Å². The molecule has 0 aromatic carbocycles. The van der Waals surface area contributed by atoms with Crippen LogP contribution in [-0.4, -0.2) is 40.8 Å². The van der Waals surface area contributed by atoms with Gasteiger partial charge in [0, 0.05) is 11.6 Å². The molecule has 80 valence electrons. The fourth-order valence-corrected chi connectivity index (χ4v) is 2.78. The summed E-state index contributed by atoms with van der Waals surface area (Å²) in [6, 6.07) is -0.0657. The zero-order valence-corrected chi connectivity index (χ0v) is 8.90. The van der Waals surface area contributed by atoms with E-state index in [1.165, 1.54) is 0 Å². The number of hydrogen-bond donors (Lipinski definition) is 3. The van der Waals surface area contributed by atoms with E-state index in [0.29, 0.717) is 0 Å². The van der Waals surface area contributed by atoms with Gasteiger partial charge in [-0.15, -0.1) is 11.8 Å². The molecule has 1 atom stereocenters. The smallest absolute Gasteiger partial charge is 0.238 e.